The quantitative estimate of drug-likeness (QED) is 0.205. The molecule has 3 aromatic rings. The van der Waals surface area contributed by atoms with E-state index >= 15 is 0 Å². The van der Waals surface area contributed by atoms with Crippen molar-refractivity contribution >= 4 is 28.9 Å². The minimum absolute atomic E-state index is 0.0496. The topological polar surface area (TPSA) is 219 Å². The molecule has 0 fully saturated rings. The number of alkyl carbamates (subject to hydrolysis) is 1. The first-order valence-corrected chi connectivity index (χ1v) is 10.7. The lowest BCUT2D eigenvalue weighted by molar-refractivity contribution is -0.138. The summed E-state index contributed by atoms with van der Waals surface area (Å²) in [7, 11) is 0. The molecule has 13 nitrogen and oxygen atoms in total. The maximum atomic E-state index is 13.3. The van der Waals surface area contributed by atoms with Crippen LogP contribution in [0.15, 0.2) is 39.5 Å². The van der Waals surface area contributed by atoms with E-state index in [0.717, 1.165) is 24.3 Å². The SMILES string of the molecule is CC(C)(C)OC(=O)N[C@@H](CC(N)=O)C(=O)Oc1c(-c2ccc(O)c(O)c2)oc2cc(O)cc(O)c2c1=O. The number of hydrogen-bond acceptors (Lipinski definition) is 11. The molecule has 0 aliphatic rings. The van der Waals surface area contributed by atoms with Crippen LogP contribution in [0.3, 0.4) is 0 Å². The zero-order valence-electron chi connectivity index (χ0n) is 19.9. The summed E-state index contributed by atoms with van der Waals surface area (Å²) < 4.78 is 16.0. The Bertz CT molecular complexity index is 1450. The second-order valence-electron chi connectivity index (χ2n) is 8.92. The number of nitrogens with two attached hydrogens (primary N) is 1. The fraction of sp³-hybridized carbons (Fsp3) is 0.250. The predicted octanol–water partition coefficient (Wildman–Crippen LogP) is 1.96. The number of esters is 1. The Hall–Kier alpha value is -4.94. The van der Waals surface area contributed by atoms with E-state index in [1.165, 1.54) is 6.07 Å². The van der Waals surface area contributed by atoms with Crippen LogP contribution < -0.4 is 21.2 Å². The van der Waals surface area contributed by atoms with E-state index in [1.807, 2.05) is 0 Å². The van der Waals surface area contributed by atoms with Gasteiger partial charge in [-0.05, 0) is 39.0 Å². The van der Waals surface area contributed by atoms with Crippen LogP contribution in [0.2, 0.25) is 0 Å². The number of phenols is 4. The van der Waals surface area contributed by atoms with Crippen LogP contribution in [-0.4, -0.2) is 50.0 Å². The Morgan fingerprint density at radius 3 is 2.30 bits per heavy atom. The fourth-order valence-electron chi connectivity index (χ4n) is 3.23. The third-order valence-electron chi connectivity index (χ3n) is 4.74. The smallest absolute Gasteiger partial charge is 0.408 e. The number of rotatable bonds is 6. The van der Waals surface area contributed by atoms with Crippen LogP contribution in [-0.2, 0) is 14.3 Å². The summed E-state index contributed by atoms with van der Waals surface area (Å²) in [5.74, 6) is -5.76. The molecule has 0 bridgehead atoms. The standard InChI is InChI=1S/C24H24N2O11/c1-24(2,3)37-23(34)26-12(9-17(25)31)22(33)36-21-19(32)18-15(30)7-11(27)8-16(18)35-20(21)10-4-5-13(28)14(29)6-10/h4-8,12,27-30H,9H2,1-3H3,(H2,25,31)(H,26,34)/t12-/m0/s1. The van der Waals surface area contributed by atoms with Crippen LogP contribution in [0.4, 0.5) is 4.79 Å². The van der Waals surface area contributed by atoms with Gasteiger partial charge in [0, 0.05) is 17.7 Å². The van der Waals surface area contributed by atoms with E-state index in [2.05, 4.69) is 5.32 Å². The molecule has 3 rings (SSSR count). The highest BCUT2D eigenvalue weighted by molar-refractivity contribution is 5.92. The van der Waals surface area contributed by atoms with Crippen LogP contribution in [0.25, 0.3) is 22.3 Å². The molecule has 7 N–H and O–H groups in total. The van der Waals surface area contributed by atoms with Gasteiger partial charge in [-0.15, -0.1) is 0 Å². The van der Waals surface area contributed by atoms with Gasteiger partial charge in [-0.25, -0.2) is 9.59 Å². The van der Waals surface area contributed by atoms with Gasteiger partial charge in [-0.3, -0.25) is 9.59 Å². The molecule has 0 saturated heterocycles. The fourth-order valence-corrected chi connectivity index (χ4v) is 3.23. The summed E-state index contributed by atoms with van der Waals surface area (Å²) in [5, 5.41) is 41.3. The molecule has 0 spiro atoms. The second-order valence-corrected chi connectivity index (χ2v) is 8.92. The Balaban J connectivity index is 2.14. The third-order valence-corrected chi connectivity index (χ3v) is 4.74. The number of primary amides is 1. The van der Waals surface area contributed by atoms with Crippen molar-refractivity contribution in [3.8, 4) is 40.1 Å². The molecule has 1 heterocycles. The number of amides is 2. The van der Waals surface area contributed by atoms with Crippen LogP contribution in [0, 0.1) is 0 Å². The molecular weight excluding hydrogens is 492 g/mol. The van der Waals surface area contributed by atoms with E-state index in [0.29, 0.717) is 0 Å². The summed E-state index contributed by atoms with van der Waals surface area (Å²) in [6.45, 7) is 4.70. The Morgan fingerprint density at radius 2 is 1.70 bits per heavy atom. The van der Waals surface area contributed by atoms with E-state index < -0.39 is 81.4 Å². The van der Waals surface area contributed by atoms with Gasteiger partial charge in [-0.1, -0.05) is 0 Å². The lowest BCUT2D eigenvalue weighted by Gasteiger charge is -2.22. The van der Waals surface area contributed by atoms with Gasteiger partial charge in [-0.2, -0.15) is 0 Å². The Labute approximate surface area is 208 Å². The molecule has 13 heteroatoms. The van der Waals surface area contributed by atoms with Gasteiger partial charge in [0.05, 0.1) is 6.42 Å². The largest absolute Gasteiger partial charge is 0.508 e. The zero-order chi connectivity index (χ0) is 27.7. The maximum absolute atomic E-state index is 13.3. The van der Waals surface area contributed by atoms with Crippen molar-refractivity contribution in [3.63, 3.8) is 0 Å². The predicted molar refractivity (Wildman–Crippen MR) is 127 cm³/mol. The second kappa shape index (κ2) is 9.97. The van der Waals surface area contributed by atoms with Gasteiger partial charge in [0.2, 0.25) is 17.1 Å². The average Bonchev–Trinajstić information content (AvgIpc) is 2.74. The molecule has 0 radical (unpaired) electrons. The molecule has 196 valence electrons. The molecule has 0 unspecified atom stereocenters. The number of benzene rings is 2. The van der Waals surface area contributed by atoms with Crippen LogP contribution >= 0.6 is 0 Å². The number of carbonyl (C=O) groups excluding carboxylic acids is 3. The summed E-state index contributed by atoms with van der Waals surface area (Å²) in [6, 6.07) is 3.48. The van der Waals surface area contributed by atoms with Crippen molar-refractivity contribution < 1.29 is 48.7 Å². The molecule has 37 heavy (non-hydrogen) atoms. The normalized spacial score (nSPS) is 12.1. The van der Waals surface area contributed by atoms with Crippen molar-refractivity contribution in [3.05, 3.63) is 40.6 Å². The van der Waals surface area contributed by atoms with Crippen molar-refractivity contribution in [2.45, 2.75) is 38.8 Å². The number of aromatic hydroxyl groups is 4. The first kappa shape index (κ1) is 26.7. The first-order chi connectivity index (χ1) is 17.2. The van der Waals surface area contributed by atoms with Crippen molar-refractivity contribution in [2.75, 3.05) is 0 Å². The number of fused-ring (bicyclic) bond motifs is 1. The maximum Gasteiger partial charge on any atom is 0.408 e. The monoisotopic (exact) mass is 516 g/mol. The molecule has 0 aliphatic heterocycles. The number of hydrogen-bond donors (Lipinski definition) is 6. The lowest BCUT2D eigenvalue weighted by atomic mass is 10.1. The van der Waals surface area contributed by atoms with Gasteiger partial charge in [0.1, 0.15) is 34.1 Å². The Morgan fingerprint density at radius 1 is 1.03 bits per heavy atom. The van der Waals surface area contributed by atoms with Gasteiger partial charge < -0.3 is 45.4 Å². The Kier molecular flexibility index (Phi) is 7.18. The first-order valence-electron chi connectivity index (χ1n) is 10.7. The summed E-state index contributed by atoms with van der Waals surface area (Å²) >= 11 is 0. The highest BCUT2D eigenvalue weighted by Gasteiger charge is 2.31. The van der Waals surface area contributed by atoms with Gasteiger partial charge >= 0.3 is 12.1 Å². The number of phenolic OH excluding ortho intramolecular Hbond substituents is 4. The zero-order valence-corrected chi connectivity index (χ0v) is 19.9. The van der Waals surface area contributed by atoms with Crippen LogP contribution in [0.5, 0.6) is 28.7 Å². The van der Waals surface area contributed by atoms with Crippen molar-refractivity contribution in [1.29, 1.82) is 0 Å². The number of carbonyl (C=O) groups is 3. The molecule has 1 atom stereocenters. The van der Waals surface area contributed by atoms with E-state index in [9.17, 15) is 39.6 Å². The molecule has 2 amide bonds. The molecule has 2 aromatic carbocycles. The van der Waals surface area contributed by atoms with Crippen molar-refractivity contribution in [1.82, 2.24) is 5.32 Å². The summed E-state index contributed by atoms with van der Waals surface area (Å²) in [5.41, 5.74) is 2.83. The molecule has 0 aliphatic carbocycles. The number of ether oxygens (including phenoxy) is 2. The highest BCUT2D eigenvalue weighted by atomic mass is 16.6. The minimum atomic E-state index is -1.68. The highest BCUT2D eigenvalue weighted by Crippen LogP contribution is 2.38. The lowest BCUT2D eigenvalue weighted by Crippen LogP contribution is -2.47. The van der Waals surface area contributed by atoms with Crippen LogP contribution in [0.1, 0.15) is 27.2 Å². The van der Waals surface area contributed by atoms with Gasteiger partial charge in [0.25, 0.3) is 0 Å². The number of nitrogens with one attached hydrogen (secondary N) is 1. The van der Waals surface area contributed by atoms with Gasteiger partial charge in [0.15, 0.2) is 17.3 Å². The average molecular weight is 516 g/mol. The molecular formula is C24H24N2O11. The van der Waals surface area contributed by atoms with E-state index in [4.69, 9.17) is 19.6 Å². The summed E-state index contributed by atoms with van der Waals surface area (Å²) in [4.78, 5) is 50.1. The molecule has 1 aromatic heterocycles. The molecule has 0 saturated carbocycles. The summed E-state index contributed by atoms with van der Waals surface area (Å²) in [6.07, 6.45) is -1.79. The van der Waals surface area contributed by atoms with E-state index in [1.54, 1.807) is 20.8 Å². The minimum Gasteiger partial charge on any atom is -0.508 e. The van der Waals surface area contributed by atoms with Crippen molar-refractivity contribution in [2.24, 2.45) is 5.73 Å². The third kappa shape index (κ3) is 6.20. The van der Waals surface area contributed by atoms with E-state index in [-0.39, 0.29) is 11.1 Å².